The molecule has 0 aliphatic carbocycles. The first-order chi connectivity index (χ1) is 9.10. The maximum Gasteiger partial charge on any atom is 0.305 e. The molecule has 2 saturated heterocycles. The summed E-state index contributed by atoms with van der Waals surface area (Å²) >= 11 is 0.975. The number of piperidine rings is 1. The Hall–Kier alpha value is -1.18. The second-order valence-electron chi connectivity index (χ2n) is 4.87. The van der Waals surface area contributed by atoms with Crippen LogP contribution < -0.4 is 4.87 Å². The maximum absolute atomic E-state index is 12.3. The molecule has 0 unspecified atom stereocenters. The number of carbonyl (C=O) groups is 1. The maximum atomic E-state index is 12.3. The Morgan fingerprint density at radius 2 is 1.95 bits per heavy atom. The largest absolute Gasteiger partial charge is 0.347 e. The lowest BCUT2D eigenvalue weighted by Crippen LogP contribution is -2.47. The number of nitrogens with one attached hydrogen (secondary N) is 1. The first-order valence-corrected chi connectivity index (χ1v) is 7.18. The number of rotatable bonds is 1. The van der Waals surface area contributed by atoms with Crippen molar-refractivity contribution in [3.05, 3.63) is 20.2 Å². The number of aryl methyl sites for hydroxylation is 1. The third kappa shape index (κ3) is 2.33. The minimum absolute atomic E-state index is 0.0753. The van der Waals surface area contributed by atoms with Gasteiger partial charge in [0.15, 0.2) is 5.79 Å². The van der Waals surface area contributed by atoms with E-state index in [2.05, 4.69) is 4.98 Å². The smallest absolute Gasteiger partial charge is 0.305 e. The minimum Gasteiger partial charge on any atom is -0.347 e. The molecule has 1 spiro atoms. The summed E-state index contributed by atoms with van der Waals surface area (Å²) in [6.07, 6.45) is 1.38. The van der Waals surface area contributed by atoms with Gasteiger partial charge in [-0.05, 0) is 6.92 Å². The molecule has 0 saturated carbocycles. The van der Waals surface area contributed by atoms with Crippen LogP contribution in [0, 0.1) is 6.92 Å². The van der Waals surface area contributed by atoms with Crippen LogP contribution in [0.15, 0.2) is 4.79 Å². The molecule has 3 rings (SSSR count). The number of aromatic nitrogens is 1. The fraction of sp³-hybridized carbons (Fsp3) is 0.667. The first kappa shape index (κ1) is 12.8. The van der Waals surface area contributed by atoms with E-state index >= 15 is 0 Å². The number of ether oxygens (including phenoxy) is 2. The first-order valence-electron chi connectivity index (χ1n) is 6.37. The zero-order valence-corrected chi connectivity index (χ0v) is 11.5. The van der Waals surface area contributed by atoms with Gasteiger partial charge in [-0.25, -0.2) is 0 Å². The average Bonchev–Trinajstić information content (AvgIpc) is 2.97. The number of likely N-dealkylation sites (tertiary alicyclic amines) is 1. The lowest BCUT2D eigenvalue weighted by atomic mass is 10.0. The van der Waals surface area contributed by atoms with Crippen LogP contribution in [0.2, 0.25) is 0 Å². The highest BCUT2D eigenvalue weighted by molar-refractivity contribution is 7.11. The number of carbonyl (C=O) groups excluding carboxylic acids is 1. The van der Waals surface area contributed by atoms with E-state index in [-0.39, 0.29) is 10.8 Å². The van der Waals surface area contributed by atoms with Gasteiger partial charge in [0.25, 0.3) is 5.91 Å². The van der Waals surface area contributed by atoms with Gasteiger partial charge in [-0.3, -0.25) is 9.59 Å². The molecule has 1 aromatic rings. The molecule has 0 radical (unpaired) electrons. The number of amides is 1. The van der Waals surface area contributed by atoms with E-state index in [1.807, 2.05) is 0 Å². The van der Waals surface area contributed by atoms with Crippen LogP contribution in [0.25, 0.3) is 0 Å². The summed E-state index contributed by atoms with van der Waals surface area (Å²) in [6, 6.07) is 0. The number of thiazole rings is 1. The minimum atomic E-state index is -0.475. The Morgan fingerprint density at radius 1 is 1.32 bits per heavy atom. The quantitative estimate of drug-likeness (QED) is 0.825. The molecule has 0 aromatic carbocycles. The van der Waals surface area contributed by atoms with Crippen molar-refractivity contribution in [1.82, 2.24) is 9.88 Å². The molecule has 2 aliphatic heterocycles. The molecule has 19 heavy (non-hydrogen) atoms. The molecule has 2 aliphatic rings. The van der Waals surface area contributed by atoms with Crippen LogP contribution in [0.5, 0.6) is 0 Å². The number of hydrogen-bond donors (Lipinski definition) is 1. The standard InChI is InChI=1S/C12H16N2O4S/c1-8-9(19-11(16)13-8)10(15)14-4-2-12(3-5-14)17-6-7-18-12/h2-7H2,1H3,(H,13,16). The van der Waals surface area contributed by atoms with Crippen LogP contribution in [0.3, 0.4) is 0 Å². The van der Waals surface area contributed by atoms with E-state index in [0.29, 0.717) is 49.7 Å². The fourth-order valence-corrected chi connectivity index (χ4v) is 3.40. The molecule has 0 bridgehead atoms. The van der Waals surface area contributed by atoms with Crippen molar-refractivity contribution in [2.75, 3.05) is 26.3 Å². The zero-order valence-electron chi connectivity index (χ0n) is 10.7. The molecule has 1 N–H and O–H groups in total. The highest BCUT2D eigenvalue weighted by Gasteiger charge is 2.41. The van der Waals surface area contributed by atoms with Gasteiger partial charge in [0.2, 0.25) is 0 Å². The molecule has 0 atom stereocenters. The van der Waals surface area contributed by atoms with Crippen LogP contribution in [-0.4, -0.2) is 47.9 Å². The fourth-order valence-electron chi connectivity index (χ4n) is 2.59. The summed E-state index contributed by atoms with van der Waals surface area (Å²) in [5.41, 5.74) is 0.647. The van der Waals surface area contributed by atoms with Crippen LogP contribution in [0.1, 0.15) is 28.2 Å². The van der Waals surface area contributed by atoms with E-state index in [1.54, 1.807) is 11.8 Å². The van der Waals surface area contributed by atoms with Crippen molar-refractivity contribution in [1.29, 1.82) is 0 Å². The van der Waals surface area contributed by atoms with Gasteiger partial charge in [-0.2, -0.15) is 0 Å². The second-order valence-corrected chi connectivity index (χ2v) is 5.85. The van der Waals surface area contributed by atoms with E-state index in [9.17, 15) is 9.59 Å². The van der Waals surface area contributed by atoms with Gasteiger partial charge in [-0.15, -0.1) is 0 Å². The van der Waals surface area contributed by atoms with Crippen molar-refractivity contribution >= 4 is 17.2 Å². The van der Waals surface area contributed by atoms with Crippen molar-refractivity contribution in [3.63, 3.8) is 0 Å². The number of H-pyrrole nitrogens is 1. The summed E-state index contributed by atoms with van der Waals surface area (Å²) in [7, 11) is 0. The lowest BCUT2D eigenvalue weighted by Gasteiger charge is -2.37. The van der Waals surface area contributed by atoms with Gasteiger partial charge >= 0.3 is 4.87 Å². The summed E-state index contributed by atoms with van der Waals surface area (Å²) in [5, 5.41) is 0. The van der Waals surface area contributed by atoms with Crippen molar-refractivity contribution in [3.8, 4) is 0 Å². The van der Waals surface area contributed by atoms with Gasteiger partial charge < -0.3 is 19.4 Å². The molecule has 7 heteroatoms. The molecule has 104 valence electrons. The van der Waals surface area contributed by atoms with Gasteiger partial charge in [0, 0.05) is 31.6 Å². The van der Waals surface area contributed by atoms with E-state index in [4.69, 9.17) is 9.47 Å². The average molecular weight is 284 g/mol. The van der Waals surface area contributed by atoms with Crippen LogP contribution in [0.4, 0.5) is 0 Å². The third-order valence-corrected chi connectivity index (χ3v) is 4.62. The normalized spacial score (nSPS) is 22.1. The Kier molecular flexibility index (Phi) is 3.20. The predicted octanol–water partition coefficient (Wildman–Crippen LogP) is 0.724. The SMILES string of the molecule is Cc1[nH]c(=O)sc1C(=O)N1CCC2(CC1)OCCO2. The molecular weight excluding hydrogens is 268 g/mol. The molecule has 6 nitrogen and oxygen atoms in total. The molecule has 3 heterocycles. The Balaban J connectivity index is 1.70. The second kappa shape index (κ2) is 4.73. The Labute approximate surface area is 114 Å². The van der Waals surface area contributed by atoms with Crippen LogP contribution in [-0.2, 0) is 9.47 Å². The topological polar surface area (TPSA) is 71.6 Å². The highest BCUT2D eigenvalue weighted by atomic mass is 32.1. The third-order valence-electron chi connectivity index (χ3n) is 3.65. The molecule has 2 fully saturated rings. The monoisotopic (exact) mass is 284 g/mol. The molecule has 1 aromatic heterocycles. The predicted molar refractivity (Wildman–Crippen MR) is 69.4 cm³/mol. The number of aromatic amines is 1. The highest BCUT2D eigenvalue weighted by Crippen LogP contribution is 2.31. The molecular formula is C12H16N2O4S. The van der Waals surface area contributed by atoms with Crippen LogP contribution >= 0.6 is 11.3 Å². The van der Waals surface area contributed by atoms with Gasteiger partial charge in [0.1, 0.15) is 4.88 Å². The summed E-state index contributed by atoms with van der Waals surface area (Å²) < 4.78 is 11.3. The number of nitrogens with zero attached hydrogens (tertiary/aromatic N) is 1. The van der Waals surface area contributed by atoms with Crippen molar-refractivity contribution < 1.29 is 14.3 Å². The van der Waals surface area contributed by atoms with Gasteiger partial charge in [-0.1, -0.05) is 11.3 Å². The number of hydrogen-bond acceptors (Lipinski definition) is 5. The summed E-state index contributed by atoms with van der Waals surface area (Å²) in [6.45, 7) is 4.22. The Morgan fingerprint density at radius 3 is 2.47 bits per heavy atom. The van der Waals surface area contributed by atoms with Gasteiger partial charge in [0.05, 0.1) is 13.2 Å². The van der Waals surface area contributed by atoms with E-state index in [1.165, 1.54) is 0 Å². The van der Waals surface area contributed by atoms with Crippen molar-refractivity contribution in [2.24, 2.45) is 0 Å². The van der Waals surface area contributed by atoms with E-state index in [0.717, 1.165) is 11.3 Å². The summed E-state index contributed by atoms with van der Waals surface area (Å²) in [5.74, 6) is -0.550. The summed E-state index contributed by atoms with van der Waals surface area (Å²) in [4.78, 5) is 28.3. The van der Waals surface area contributed by atoms with Crippen molar-refractivity contribution in [2.45, 2.75) is 25.6 Å². The lowest BCUT2D eigenvalue weighted by molar-refractivity contribution is -0.181. The molecule has 1 amide bonds. The zero-order chi connectivity index (χ0) is 13.5. The Bertz CT molecular complexity index is 534. The van der Waals surface area contributed by atoms with E-state index < -0.39 is 5.79 Å².